The Hall–Kier alpha value is -0.610. The Bertz CT molecular complexity index is 202. The first kappa shape index (κ1) is 11.5. The maximum Gasteiger partial charge on any atom is 0.312 e. The number of ether oxygens (including phenoxy) is 2. The van der Waals surface area contributed by atoms with E-state index in [0.29, 0.717) is 12.5 Å². The predicted molar refractivity (Wildman–Crippen MR) is 52.7 cm³/mol. The molecule has 82 valence electrons. The van der Waals surface area contributed by atoms with Crippen molar-refractivity contribution in [3.8, 4) is 0 Å². The summed E-state index contributed by atoms with van der Waals surface area (Å²) in [6.45, 7) is 3.73. The second-order valence-corrected chi connectivity index (χ2v) is 4.19. The zero-order valence-electron chi connectivity index (χ0n) is 8.91. The normalized spacial score (nSPS) is 25.8. The fourth-order valence-corrected chi connectivity index (χ4v) is 1.88. The summed E-state index contributed by atoms with van der Waals surface area (Å²) in [5.74, 6) is 0.231. The molecule has 0 spiro atoms. The molecule has 14 heavy (non-hydrogen) atoms. The van der Waals surface area contributed by atoms with Crippen molar-refractivity contribution in [2.45, 2.75) is 19.8 Å². The summed E-state index contributed by atoms with van der Waals surface area (Å²) in [5.41, 5.74) is 5.07. The highest BCUT2D eigenvalue weighted by Gasteiger charge is 2.36. The van der Waals surface area contributed by atoms with Gasteiger partial charge in [0.2, 0.25) is 0 Å². The molecule has 1 heterocycles. The van der Waals surface area contributed by atoms with Gasteiger partial charge in [-0.15, -0.1) is 0 Å². The van der Waals surface area contributed by atoms with Crippen molar-refractivity contribution in [3.05, 3.63) is 0 Å². The average molecular weight is 201 g/mol. The minimum Gasteiger partial charge on any atom is -0.469 e. The molecule has 2 atom stereocenters. The summed E-state index contributed by atoms with van der Waals surface area (Å²) in [6, 6.07) is 0. The third kappa shape index (κ3) is 2.45. The van der Waals surface area contributed by atoms with Crippen LogP contribution in [0.15, 0.2) is 0 Å². The number of nitrogens with two attached hydrogens (primary N) is 1. The van der Waals surface area contributed by atoms with Crippen LogP contribution < -0.4 is 5.73 Å². The van der Waals surface area contributed by atoms with E-state index in [1.807, 2.05) is 6.92 Å². The van der Waals surface area contributed by atoms with E-state index in [-0.39, 0.29) is 5.97 Å². The molecule has 1 aliphatic heterocycles. The molecule has 2 unspecified atom stereocenters. The number of methoxy groups -OCH3 is 1. The van der Waals surface area contributed by atoms with Gasteiger partial charge in [-0.2, -0.15) is 0 Å². The van der Waals surface area contributed by atoms with E-state index in [2.05, 4.69) is 0 Å². The molecule has 0 saturated carbocycles. The van der Waals surface area contributed by atoms with Crippen LogP contribution in [0.5, 0.6) is 0 Å². The second kappa shape index (κ2) is 4.75. The summed E-state index contributed by atoms with van der Waals surface area (Å²) in [5, 5.41) is 0. The standard InChI is InChI=1S/C10H19NO3/c1-10(7-11,9(12)13-2)5-8-3-4-14-6-8/h8H,3-7,11H2,1-2H3. The SMILES string of the molecule is COC(=O)C(C)(CN)CC1CCOC1. The Morgan fingerprint density at radius 1 is 1.71 bits per heavy atom. The van der Waals surface area contributed by atoms with Crippen LogP contribution in [-0.2, 0) is 14.3 Å². The molecule has 0 bridgehead atoms. The lowest BCUT2D eigenvalue weighted by molar-refractivity contribution is -0.152. The first-order chi connectivity index (χ1) is 6.62. The van der Waals surface area contributed by atoms with Crippen molar-refractivity contribution in [2.75, 3.05) is 26.9 Å². The highest BCUT2D eigenvalue weighted by atomic mass is 16.5. The fourth-order valence-electron chi connectivity index (χ4n) is 1.88. The molecule has 2 N–H and O–H groups in total. The maximum absolute atomic E-state index is 11.5. The molecule has 0 aromatic rings. The van der Waals surface area contributed by atoms with E-state index < -0.39 is 5.41 Å². The van der Waals surface area contributed by atoms with Crippen LogP contribution >= 0.6 is 0 Å². The van der Waals surface area contributed by atoms with Gasteiger partial charge in [0.15, 0.2) is 0 Å². The summed E-state index contributed by atoms with van der Waals surface area (Å²) < 4.78 is 10.0. The van der Waals surface area contributed by atoms with Crippen molar-refractivity contribution in [1.82, 2.24) is 0 Å². The lowest BCUT2D eigenvalue weighted by Gasteiger charge is -2.27. The third-order valence-electron chi connectivity index (χ3n) is 2.89. The number of hydrogen-bond acceptors (Lipinski definition) is 4. The van der Waals surface area contributed by atoms with Crippen molar-refractivity contribution in [1.29, 1.82) is 0 Å². The number of carbonyl (C=O) groups excluding carboxylic acids is 1. The van der Waals surface area contributed by atoms with Crippen LogP contribution in [0.1, 0.15) is 19.8 Å². The largest absolute Gasteiger partial charge is 0.469 e. The highest BCUT2D eigenvalue weighted by Crippen LogP contribution is 2.30. The van der Waals surface area contributed by atoms with E-state index in [4.69, 9.17) is 15.2 Å². The molecule has 1 aliphatic rings. The lowest BCUT2D eigenvalue weighted by Crippen LogP contribution is -2.38. The van der Waals surface area contributed by atoms with Crippen molar-refractivity contribution >= 4 is 5.97 Å². The Kier molecular flexibility index (Phi) is 3.89. The van der Waals surface area contributed by atoms with E-state index >= 15 is 0 Å². The molecule has 1 rings (SSSR count). The highest BCUT2D eigenvalue weighted by molar-refractivity contribution is 5.76. The van der Waals surface area contributed by atoms with E-state index in [9.17, 15) is 4.79 Å². The van der Waals surface area contributed by atoms with Gasteiger partial charge in [-0.05, 0) is 25.7 Å². The maximum atomic E-state index is 11.5. The van der Waals surface area contributed by atoms with Crippen molar-refractivity contribution < 1.29 is 14.3 Å². The van der Waals surface area contributed by atoms with Gasteiger partial charge >= 0.3 is 5.97 Å². The zero-order chi connectivity index (χ0) is 10.6. The quantitative estimate of drug-likeness (QED) is 0.675. The summed E-state index contributed by atoms with van der Waals surface area (Å²) in [6.07, 6.45) is 1.78. The molecular weight excluding hydrogens is 182 g/mol. The summed E-state index contributed by atoms with van der Waals surface area (Å²) >= 11 is 0. The molecule has 1 saturated heterocycles. The van der Waals surface area contributed by atoms with Crippen LogP contribution in [-0.4, -0.2) is 32.8 Å². The van der Waals surface area contributed by atoms with Gasteiger partial charge in [0, 0.05) is 19.8 Å². The molecule has 0 aliphatic carbocycles. The Balaban J connectivity index is 2.55. The molecular formula is C10H19NO3. The van der Waals surface area contributed by atoms with Crippen molar-refractivity contribution in [2.24, 2.45) is 17.1 Å². The van der Waals surface area contributed by atoms with Crippen LogP contribution in [0.4, 0.5) is 0 Å². The first-order valence-electron chi connectivity index (χ1n) is 4.98. The molecule has 0 aromatic heterocycles. The molecule has 4 heteroatoms. The topological polar surface area (TPSA) is 61.5 Å². The molecule has 1 fully saturated rings. The van der Waals surface area contributed by atoms with Crippen molar-refractivity contribution in [3.63, 3.8) is 0 Å². The van der Waals surface area contributed by atoms with E-state index in [1.165, 1.54) is 7.11 Å². The molecule has 0 aromatic carbocycles. The van der Waals surface area contributed by atoms with Gasteiger partial charge in [-0.3, -0.25) is 4.79 Å². The number of carbonyl (C=O) groups is 1. The minimum atomic E-state index is -0.548. The smallest absolute Gasteiger partial charge is 0.312 e. The van der Waals surface area contributed by atoms with Gasteiger partial charge in [0.1, 0.15) is 0 Å². The van der Waals surface area contributed by atoms with Gasteiger partial charge in [-0.25, -0.2) is 0 Å². The second-order valence-electron chi connectivity index (χ2n) is 4.19. The Labute approximate surface area is 84.7 Å². The van der Waals surface area contributed by atoms with Crippen LogP contribution in [0, 0.1) is 11.3 Å². The number of esters is 1. The monoisotopic (exact) mass is 201 g/mol. The van der Waals surface area contributed by atoms with Gasteiger partial charge < -0.3 is 15.2 Å². The molecule has 4 nitrogen and oxygen atoms in total. The molecule has 0 amide bonds. The summed E-state index contributed by atoms with van der Waals surface area (Å²) in [7, 11) is 1.40. The third-order valence-corrected chi connectivity index (χ3v) is 2.89. The average Bonchev–Trinajstić information content (AvgIpc) is 2.68. The van der Waals surface area contributed by atoms with Crippen LogP contribution in [0.2, 0.25) is 0 Å². The first-order valence-corrected chi connectivity index (χ1v) is 4.98. The van der Waals surface area contributed by atoms with Crippen LogP contribution in [0.25, 0.3) is 0 Å². The van der Waals surface area contributed by atoms with Gasteiger partial charge in [0.25, 0.3) is 0 Å². The van der Waals surface area contributed by atoms with Crippen LogP contribution in [0.3, 0.4) is 0 Å². The molecule has 0 radical (unpaired) electrons. The Morgan fingerprint density at radius 3 is 2.86 bits per heavy atom. The number of hydrogen-bond donors (Lipinski definition) is 1. The summed E-state index contributed by atoms with van der Waals surface area (Å²) in [4.78, 5) is 11.5. The van der Waals surface area contributed by atoms with E-state index in [1.54, 1.807) is 0 Å². The van der Waals surface area contributed by atoms with Gasteiger partial charge in [0.05, 0.1) is 12.5 Å². The lowest BCUT2D eigenvalue weighted by atomic mass is 9.80. The predicted octanol–water partition coefficient (Wildman–Crippen LogP) is 0.551. The fraction of sp³-hybridized carbons (Fsp3) is 0.900. The number of rotatable bonds is 4. The Morgan fingerprint density at radius 2 is 2.43 bits per heavy atom. The zero-order valence-corrected chi connectivity index (χ0v) is 8.91. The van der Waals surface area contributed by atoms with E-state index in [0.717, 1.165) is 26.1 Å². The minimum absolute atomic E-state index is 0.216. The van der Waals surface area contributed by atoms with Gasteiger partial charge in [-0.1, -0.05) is 0 Å².